The van der Waals surface area contributed by atoms with Gasteiger partial charge in [0.15, 0.2) is 6.29 Å². The summed E-state index contributed by atoms with van der Waals surface area (Å²) in [7, 11) is 0. The van der Waals surface area contributed by atoms with Crippen LogP contribution in [0.5, 0.6) is 0 Å². The van der Waals surface area contributed by atoms with Crippen LogP contribution in [0.25, 0.3) is 0 Å². The summed E-state index contributed by atoms with van der Waals surface area (Å²) in [5, 5.41) is 39.9. The van der Waals surface area contributed by atoms with Gasteiger partial charge in [-0.25, -0.2) is 0 Å². The zero-order valence-corrected chi connectivity index (χ0v) is 9.35. The maximum atomic E-state index is 11.3. The largest absolute Gasteiger partial charge is 0.394 e. The molecule has 6 atom stereocenters. The smallest absolute Gasteiger partial charge is 0.237 e. The van der Waals surface area contributed by atoms with Gasteiger partial charge in [-0.2, -0.15) is 0 Å². The molecule has 0 unspecified atom stereocenters. The number of aliphatic hydroxyl groups is 4. The van der Waals surface area contributed by atoms with Crippen molar-refractivity contribution in [1.29, 1.82) is 0 Å². The van der Waals surface area contributed by atoms with Crippen LogP contribution in [0.2, 0.25) is 0 Å². The van der Waals surface area contributed by atoms with Crippen molar-refractivity contribution in [3.8, 4) is 0 Å². The molecule has 1 saturated heterocycles. The minimum atomic E-state index is -1.52. The van der Waals surface area contributed by atoms with Gasteiger partial charge in [-0.05, 0) is 6.92 Å². The third kappa shape index (κ3) is 3.12. The molecule has 1 heterocycles. The molecule has 0 aromatic carbocycles. The fraction of sp³-hybridized carbons (Fsp3) is 0.889. The Balaban J connectivity index is 2.69. The highest BCUT2D eigenvalue weighted by Gasteiger charge is 2.44. The van der Waals surface area contributed by atoms with Crippen molar-refractivity contribution in [3.63, 3.8) is 0 Å². The molecule has 0 spiro atoms. The van der Waals surface area contributed by atoms with E-state index in [0.29, 0.717) is 0 Å². The summed E-state index contributed by atoms with van der Waals surface area (Å²) in [6, 6.07) is -2.01. The molecule has 0 bridgehead atoms. The number of carbonyl (C=O) groups excluding carboxylic acids is 1. The number of hydrogen-bond donors (Lipinski definition) is 6. The summed E-state index contributed by atoms with van der Waals surface area (Å²) in [4.78, 5) is 11.3. The highest BCUT2D eigenvalue weighted by Crippen LogP contribution is 2.19. The topological polar surface area (TPSA) is 145 Å². The molecular formula is C9H18N2O6. The molecule has 1 amide bonds. The average molecular weight is 250 g/mol. The molecule has 8 nitrogen and oxygen atoms in total. The summed E-state index contributed by atoms with van der Waals surface area (Å²) >= 11 is 0. The second-order valence-corrected chi connectivity index (χ2v) is 4.05. The fourth-order valence-electron chi connectivity index (χ4n) is 1.55. The first-order valence-electron chi connectivity index (χ1n) is 5.25. The SMILES string of the molecule is C[C@@H](N)C(=O)N[C@H]1[C@H](O)[C@H](O)[C@H](CO)O[C@@H]1O. The molecule has 0 saturated carbocycles. The summed E-state index contributed by atoms with van der Waals surface area (Å²) in [6.45, 7) is 0.883. The van der Waals surface area contributed by atoms with E-state index in [1.165, 1.54) is 6.92 Å². The Morgan fingerprint density at radius 2 is 2.00 bits per heavy atom. The van der Waals surface area contributed by atoms with Crippen LogP contribution in [-0.2, 0) is 9.53 Å². The highest BCUT2D eigenvalue weighted by atomic mass is 16.6. The number of rotatable bonds is 3. The zero-order chi connectivity index (χ0) is 13.2. The summed E-state index contributed by atoms with van der Waals surface area (Å²) < 4.78 is 4.85. The Hall–Kier alpha value is -0.770. The lowest BCUT2D eigenvalue weighted by atomic mass is 9.97. The number of amides is 1. The number of nitrogens with one attached hydrogen (secondary N) is 1. The predicted molar refractivity (Wildman–Crippen MR) is 55.6 cm³/mol. The molecule has 0 aromatic heterocycles. The van der Waals surface area contributed by atoms with E-state index >= 15 is 0 Å². The zero-order valence-electron chi connectivity index (χ0n) is 9.35. The van der Waals surface area contributed by atoms with Gasteiger partial charge in [0.25, 0.3) is 0 Å². The monoisotopic (exact) mass is 250 g/mol. The lowest BCUT2D eigenvalue weighted by Gasteiger charge is -2.40. The van der Waals surface area contributed by atoms with Crippen LogP contribution in [0.4, 0.5) is 0 Å². The van der Waals surface area contributed by atoms with Crippen molar-refractivity contribution >= 4 is 5.91 Å². The number of ether oxygens (including phenoxy) is 1. The molecule has 0 aliphatic carbocycles. The van der Waals surface area contributed by atoms with E-state index in [4.69, 9.17) is 15.6 Å². The van der Waals surface area contributed by atoms with Crippen LogP contribution in [0.3, 0.4) is 0 Å². The Morgan fingerprint density at radius 1 is 1.41 bits per heavy atom. The van der Waals surface area contributed by atoms with Crippen LogP contribution >= 0.6 is 0 Å². The Morgan fingerprint density at radius 3 is 2.47 bits per heavy atom. The molecule has 1 aliphatic heterocycles. The van der Waals surface area contributed by atoms with E-state index in [2.05, 4.69) is 5.32 Å². The normalized spacial score (nSPS) is 39.8. The number of carbonyl (C=O) groups is 1. The maximum absolute atomic E-state index is 11.3. The van der Waals surface area contributed by atoms with Gasteiger partial charge in [0, 0.05) is 0 Å². The Bertz CT molecular complexity index is 274. The quantitative estimate of drug-likeness (QED) is 0.302. The van der Waals surface area contributed by atoms with Gasteiger partial charge in [0.2, 0.25) is 5.91 Å². The molecule has 1 aliphatic rings. The lowest BCUT2D eigenvalue weighted by molar-refractivity contribution is -0.253. The van der Waals surface area contributed by atoms with Crippen molar-refractivity contribution in [2.75, 3.05) is 6.61 Å². The van der Waals surface area contributed by atoms with Crippen molar-refractivity contribution in [2.45, 2.75) is 43.6 Å². The van der Waals surface area contributed by atoms with E-state index in [-0.39, 0.29) is 0 Å². The van der Waals surface area contributed by atoms with Gasteiger partial charge in [-0.15, -0.1) is 0 Å². The highest BCUT2D eigenvalue weighted by molar-refractivity contribution is 5.81. The van der Waals surface area contributed by atoms with Crippen LogP contribution < -0.4 is 11.1 Å². The molecule has 0 radical (unpaired) electrons. The minimum absolute atomic E-state index is 0.552. The maximum Gasteiger partial charge on any atom is 0.237 e. The number of nitrogens with two attached hydrogens (primary N) is 1. The molecule has 7 N–H and O–H groups in total. The summed E-state index contributed by atoms with van der Waals surface area (Å²) in [5.41, 5.74) is 5.31. The predicted octanol–water partition coefficient (Wildman–Crippen LogP) is -3.75. The van der Waals surface area contributed by atoms with Gasteiger partial charge >= 0.3 is 0 Å². The van der Waals surface area contributed by atoms with E-state index in [9.17, 15) is 20.1 Å². The first-order chi connectivity index (χ1) is 7.88. The molecule has 17 heavy (non-hydrogen) atoms. The van der Waals surface area contributed by atoms with Crippen LogP contribution in [-0.4, -0.2) is 69.6 Å². The van der Waals surface area contributed by atoms with Crippen LogP contribution in [0, 0.1) is 0 Å². The fourth-order valence-corrected chi connectivity index (χ4v) is 1.55. The second kappa shape index (κ2) is 5.71. The van der Waals surface area contributed by atoms with Crippen LogP contribution in [0.1, 0.15) is 6.92 Å². The van der Waals surface area contributed by atoms with Gasteiger partial charge < -0.3 is 36.2 Å². The van der Waals surface area contributed by atoms with E-state index < -0.39 is 49.2 Å². The first-order valence-corrected chi connectivity index (χ1v) is 5.25. The third-order valence-corrected chi connectivity index (χ3v) is 2.62. The van der Waals surface area contributed by atoms with Crippen molar-refractivity contribution in [1.82, 2.24) is 5.32 Å². The van der Waals surface area contributed by atoms with Gasteiger partial charge in [0.05, 0.1) is 12.6 Å². The lowest BCUT2D eigenvalue weighted by Crippen LogP contribution is -2.65. The van der Waals surface area contributed by atoms with Gasteiger partial charge in [-0.3, -0.25) is 4.79 Å². The van der Waals surface area contributed by atoms with Gasteiger partial charge in [0.1, 0.15) is 24.4 Å². The number of aliphatic hydroxyl groups excluding tert-OH is 4. The molecule has 8 heteroatoms. The van der Waals surface area contributed by atoms with E-state index in [0.717, 1.165) is 0 Å². The summed E-state index contributed by atoms with van der Waals surface area (Å²) in [5.74, 6) is -0.591. The standard InChI is InChI=1S/C9H18N2O6/c1-3(10)8(15)11-5-7(14)6(13)4(2-12)17-9(5)16/h3-7,9,12-14,16H,2,10H2,1H3,(H,11,15)/t3-,4+,5+,6-,7+,9+/m1/s1. The third-order valence-electron chi connectivity index (χ3n) is 2.62. The minimum Gasteiger partial charge on any atom is -0.394 e. The Kier molecular flexibility index (Phi) is 4.80. The molecular weight excluding hydrogens is 232 g/mol. The van der Waals surface area contributed by atoms with Crippen molar-refractivity contribution < 1.29 is 30.0 Å². The number of hydrogen-bond acceptors (Lipinski definition) is 7. The Labute approximate surface area is 98.0 Å². The molecule has 1 rings (SSSR count). The molecule has 0 aromatic rings. The van der Waals surface area contributed by atoms with Crippen molar-refractivity contribution in [3.05, 3.63) is 0 Å². The molecule has 1 fully saturated rings. The van der Waals surface area contributed by atoms with Gasteiger partial charge in [-0.1, -0.05) is 0 Å². The van der Waals surface area contributed by atoms with Crippen molar-refractivity contribution in [2.24, 2.45) is 5.73 Å². The second-order valence-electron chi connectivity index (χ2n) is 4.05. The average Bonchev–Trinajstić information content (AvgIpc) is 2.28. The van der Waals surface area contributed by atoms with E-state index in [1.54, 1.807) is 0 Å². The first kappa shape index (κ1) is 14.3. The van der Waals surface area contributed by atoms with E-state index in [1.807, 2.05) is 0 Å². The molecule has 100 valence electrons. The van der Waals surface area contributed by atoms with Crippen LogP contribution in [0.15, 0.2) is 0 Å². The summed E-state index contributed by atoms with van der Waals surface area (Å²) in [6.07, 6.45) is -5.46.